The number of rotatable bonds is 12. The van der Waals surface area contributed by atoms with Crippen molar-refractivity contribution < 1.29 is 19.0 Å². The standard InChI is InChI=1S/C30H53N5O4Si2/c1-30(2,3)39-29(36)34-24-10-11-25(34)19-23(18-24)26-20-28(35-27(32-26)12-13-31-35)33(21-37-14-16-40(4,5)6)22-38-15-17-41(7,8)9/h12-13,20,23-25H,10-11,14-19,21-22H2,1-9H3/t23?,24-,25+. The van der Waals surface area contributed by atoms with Crippen LogP contribution in [0.25, 0.3) is 5.65 Å². The second-order valence-electron chi connectivity index (χ2n) is 15.3. The van der Waals surface area contributed by atoms with Crippen LogP contribution < -0.4 is 4.90 Å². The lowest BCUT2D eigenvalue weighted by Gasteiger charge is -2.39. The highest BCUT2D eigenvalue weighted by atomic mass is 28.3. The summed E-state index contributed by atoms with van der Waals surface area (Å²) in [6, 6.07) is 6.76. The fourth-order valence-corrected chi connectivity index (χ4v) is 7.17. The molecule has 9 nitrogen and oxygen atoms in total. The Kier molecular flexibility index (Phi) is 9.92. The fourth-order valence-electron chi connectivity index (χ4n) is 5.66. The van der Waals surface area contributed by atoms with Crippen molar-refractivity contribution in [3.8, 4) is 0 Å². The second kappa shape index (κ2) is 12.7. The van der Waals surface area contributed by atoms with E-state index in [1.165, 1.54) is 0 Å². The van der Waals surface area contributed by atoms with Crippen molar-refractivity contribution in [3.63, 3.8) is 0 Å². The molecule has 0 aromatic carbocycles. The van der Waals surface area contributed by atoms with Crippen molar-refractivity contribution in [1.82, 2.24) is 19.5 Å². The number of fused-ring (bicyclic) bond motifs is 3. The topological polar surface area (TPSA) is 81.4 Å². The van der Waals surface area contributed by atoms with Gasteiger partial charge in [-0.2, -0.15) is 9.61 Å². The first-order chi connectivity index (χ1) is 19.1. The van der Waals surface area contributed by atoms with Crippen LogP contribution in [0.5, 0.6) is 0 Å². The summed E-state index contributed by atoms with van der Waals surface area (Å²) in [5, 5.41) is 4.62. The lowest BCUT2D eigenvalue weighted by molar-refractivity contribution is 0.00569. The van der Waals surface area contributed by atoms with Gasteiger partial charge in [0.15, 0.2) is 5.65 Å². The van der Waals surface area contributed by atoms with E-state index < -0.39 is 21.7 Å². The molecule has 2 aliphatic rings. The van der Waals surface area contributed by atoms with Crippen molar-refractivity contribution in [2.24, 2.45) is 0 Å². The van der Waals surface area contributed by atoms with E-state index in [9.17, 15) is 4.79 Å². The molecule has 2 bridgehead atoms. The number of piperidine rings is 1. The quantitative estimate of drug-likeness (QED) is 0.150. The van der Waals surface area contributed by atoms with Crippen LogP contribution in [0.4, 0.5) is 10.6 Å². The summed E-state index contributed by atoms with van der Waals surface area (Å²) in [5.41, 5.74) is 1.39. The van der Waals surface area contributed by atoms with Gasteiger partial charge in [0.2, 0.25) is 0 Å². The van der Waals surface area contributed by atoms with E-state index in [1.54, 1.807) is 6.20 Å². The number of anilines is 1. The van der Waals surface area contributed by atoms with Crippen molar-refractivity contribution in [2.75, 3.05) is 31.6 Å². The summed E-state index contributed by atoms with van der Waals surface area (Å²) in [6.45, 7) is 22.4. The maximum absolute atomic E-state index is 13.0. The molecule has 0 saturated carbocycles. The van der Waals surface area contributed by atoms with Gasteiger partial charge in [-0.15, -0.1) is 0 Å². The molecule has 0 radical (unpaired) electrons. The zero-order valence-corrected chi connectivity index (χ0v) is 28.9. The third kappa shape index (κ3) is 9.02. The predicted octanol–water partition coefficient (Wildman–Crippen LogP) is 6.81. The Morgan fingerprint density at radius 1 is 0.976 bits per heavy atom. The van der Waals surface area contributed by atoms with Gasteiger partial charge >= 0.3 is 6.09 Å². The van der Waals surface area contributed by atoms with E-state index in [-0.39, 0.29) is 24.1 Å². The Labute approximate surface area is 248 Å². The van der Waals surface area contributed by atoms with E-state index >= 15 is 0 Å². The SMILES string of the molecule is CC(C)(C)OC(=O)N1[C@@H]2CC[C@H]1CC(c1cc(N(COCC[Si](C)(C)C)COCC[Si](C)(C)C)n3nccc3n1)C2. The molecule has 41 heavy (non-hydrogen) atoms. The largest absolute Gasteiger partial charge is 0.444 e. The van der Waals surface area contributed by atoms with E-state index in [4.69, 9.17) is 19.2 Å². The van der Waals surface area contributed by atoms with Crippen LogP contribution in [-0.4, -0.2) is 86.1 Å². The number of nitrogens with zero attached hydrogens (tertiary/aromatic N) is 5. The fraction of sp³-hybridized carbons (Fsp3) is 0.767. The minimum atomic E-state index is -1.19. The Hall–Kier alpha value is -1.96. The molecule has 2 aromatic heterocycles. The lowest BCUT2D eigenvalue weighted by Crippen LogP contribution is -2.48. The van der Waals surface area contributed by atoms with Crippen molar-refractivity contribution >= 4 is 33.7 Å². The number of hydrogen-bond donors (Lipinski definition) is 0. The second-order valence-corrected chi connectivity index (χ2v) is 26.6. The summed E-state index contributed by atoms with van der Waals surface area (Å²) < 4.78 is 20.1. The van der Waals surface area contributed by atoms with Crippen LogP contribution in [0.1, 0.15) is 58.1 Å². The van der Waals surface area contributed by atoms with Crippen molar-refractivity contribution in [2.45, 2.75) is 121 Å². The van der Waals surface area contributed by atoms with Gasteiger partial charge in [-0.1, -0.05) is 39.3 Å². The Morgan fingerprint density at radius 2 is 1.54 bits per heavy atom. The van der Waals surface area contributed by atoms with Gasteiger partial charge in [0, 0.05) is 65.2 Å². The normalized spacial score (nSPS) is 21.5. The van der Waals surface area contributed by atoms with E-state index in [0.717, 1.165) is 68.1 Å². The van der Waals surface area contributed by atoms with Crippen LogP contribution in [0.15, 0.2) is 18.3 Å². The summed E-state index contributed by atoms with van der Waals surface area (Å²) in [6.07, 6.45) is 5.45. The molecule has 1 amide bonds. The number of hydrogen-bond acceptors (Lipinski definition) is 7. The molecule has 11 heteroatoms. The zero-order valence-electron chi connectivity index (χ0n) is 26.9. The first-order valence-corrected chi connectivity index (χ1v) is 22.8. The molecule has 2 aliphatic heterocycles. The average molecular weight is 604 g/mol. The molecular formula is C30H53N5O4Si2. The predicted molar refractivity (Wildman–Crippen MR) is 170 cm³/mol. The molecule has 4 heterocycles. The first-order valence-electron chi connectivity index (χ1n) is 15.4. The van der Waals surface area contributed by atoms with Gasteiger partial charge in [0.05, 0.1) is 6.20 Å². The van der Waals surface area contributed by atoms with Crippen LogP contribution in [0.3, 0.4) is 0 Å². The molecule has 0 aliphatic carbocycles. The van der Waals surface area contributed by atoms with Gasteiger partial charge in [-0.3, -0.25) is 0 Å². The molecule has 4 rings (SSSR count). The van der Waals surface area contributed by atoms with Crippen LogP contribution in [0.2, 0.25) is 51.4 Å². The smallest absolute Gasteiger partial charge is 0.410 e. The molecule has 2 saturated heterocycles. The molecule has 0 spiro atoms. The average Bonchev–Trinajstić information content (AvgIpc) is 3.42. The zero-order chi connectivity index (χ0) is 30.0. The summed E-state index contributed by atoms with van der Waals surface area (Å²) >= 11 is 0. The Morgan fingerprint density at radius 3 is 2.05 bits per heavy atom. The summed E-state index contributed by atoms with van der Waals surface area (Å²) in [7, 11) is -2.39. The van der Waals surface area contributed by atoms with Gasteiger partial charge in [-0.05, 0) is 58.5 Å². The molecule has 2 aromatic rings. The number of aromatic nitrogens is 3. The molecule has 1 unspecified atom stereocenters. The van der Waals surface area contributed by atoms with Crippen LogP contribution in [-0.2, 0) is 14.2 Å². The van der Waals surface area contributed by atoms with Gasteiger partial charge in [0.25, 0.3) is 0 Å². The Balaban J connectivity index is 1.54. The Bertz CT molecular complexity index is 1130. The molecule has 0 N–H and O–H groups in total. The number of ether oxygens (including phenoxy) is 3. The van der Waals surface area contributed by atoms with Gasteiger partial charge < -0.3 is 24.0 Å². The molecule has 3 atom stereocenters. The highest BCUT2D eigenvalue weighted by Gasteiger charge is 2.45. The molecular weight excluding hydrogens is 551 g/mol. The highest BCUT2D eigenvalue weighted by molar-refractivity contribution is 6.76. The van der Waals surface area contributed by atoms with E-state index in [1.807, 2.05) is 36.3 Å². The van der Waals surface area contributed by atoms with E-state index in [2.05, 4.69) is 55.3 Å². The van der Waals surface area contributed by atoms with Crippen LogP contribution >= 0.6 is 0 Å². The maximum atomic E-state index is 13.0. The number of carbonyl (C=O) groups excluding carboxylic acids is 1. The summed E-state index contributed by atoms with van der Waals surface area (Å²) in [4.78, 5) is 22.2. The van der Waals surface area contributed by atoms with E-state index in [0.29, 0.717) is 13.5 Å². The number of carbonyl (C=O) groups is 1. The first kappa shape index (κ1) is 32.0. The lowest BCUT2D eigenvalue weighted by atomic mass is 9.88. The minimum absolute atomic E-state index is 0.180. The van der Waals surface area contributed by atoms with Gasteiger partial charge in [0.1, 0.15) is 24.9 Å². The van der Waals surface area contributed by atoms with Crippen molar-refractivity contribution in [1.29, 1.82) is 0 Å². The van der Waals surface area contributed by atoms with Crippen molar-refractivity contribution in [3.05, 3.63) is 24.0 Å². The third-order valence-electron chi connectivity index (χ3n) is 7.93. The summed E-state index contributed by atoms with van der Waals surface area (Å²) in [5.74, 6) is 1.21. The van der Waals surface area contributed by atoms with Crippen LogP contribution in [0, 0.1) is 0 Å². The molecule has 2 fully saturated rings. The molecule has 230 valence electrons. The minimum Gasteiger partial charge on any atom is -0.444 e. The highest BCUT2D eigenvalue weighted by Crippen LogP contribution is 2.44. The number of amides is 1. The maximum Gasteiger partial charge on any atom is 0.410 e. The van der Waals surface area contributed by atoms with Gasteiger partial charge in [-0.25, -0.2) is 9.78 Å². The monoisotopic (exact) mass is 603 g/mol. The third-order valence-corrected chi connectivity index (χ3v) is 11.3.